The maximum absolute atomic E-state index is 15.4. The van der Waals surface area contributed by atoms with Crippen molar-refractivity contribution in [2.75, 3.05) is 5.73 Å². The first-order valence-corrected chi connectivity index (χ1v) is 11.7. The number of hydrogen-bond donors (Lipinski definition) is 1. The first-order chi connectivity index (χ1) is 18.4. The fourth-order valence-corrected chi connectivity index (χ4v) is 4.56. The van der Waals surface area contributed by atoms with Crippen molar-refractivity contribution in [2.24, 2.45) is 7.05 Å². The van der Waals surface area contributed by atoms with Crippen molar-refractivity contribution >= 4 is 27.8 Å². The quantitative estimate of drug-likeness (QED) is 0.321. The third kappa shape index (κ3) is 3.85. The lowest BCUT2D eigenvalue weighted by atomic mass is 9.97. The van der Waals surface area contributed by atoms with Gasteiger partial charge in [0.25, 0.3) is 0 Å². The number of aryl methyl sites for hydroxylation is 2. The number of rotatable bonds is 4. The molecule has 2 N–H and O–H groups in total. The summed E-state index contributed by atoms with van der Waals surface area (Å²) in [6.45, 7) is 1.80. The second-order valence-corrected chi connectivity index (χ2v) is 8.72. The van der Waals surface area contributed by atoms with E-state index in [2.05, 4.69) is 30.8 Å². The minimum absolute atomic E-state index is 0.00598. The molecule has 0 saturated heterocycles. The molecule has 6 aromatic rings. The average Bonchev–Trinajstić information content (AvgIpc) is 3.22. The Morgan fingerprint density at radius 1 is 0.974 bits per heavy atom. The molecule has 0 radical (unpaired) electrons. The van der Waals surface area contributed by atoms with Crippen molar-refractivity contribution in [1.82, 2.24) is 29.5 Å². The van der Waals surface area contributed by atoms with Crippen LogP contribution >= 0.6 is 0 Å². The van der Waals surface area contributed by atoms with Gasteiger partial charge in [0.2, 0.25) is 0 Å². The lowest BCUT2D eigenvalue weighted by Crippen LogP contribution is -1.96. The van der Waals surface area contributed by atoms with Crippen molar-refractivity contribution in [1.29, 1.82) is 0 Å². The second-order valence-electron chi connectivity index (χ2n) is 8.72. The number of nitrogen functional groups attached to an aromatic ring is 1. The van der Waals surface area contributed by atoms with E-state index >= 15 is 4.39 Å². The second kappa shape index (κ2) is 8.94. The summed E-state index contributed by atoms with van der Waals surface area (Å²) in [5.74, 6) is 2.28. The number of nitrogens with zero attached hydrogens (tertiary/aromatic N) is 6. The summed E-state index contributed by atoms with van der Waals surface area (Å²) in [7, 11) is 1.89. The number of pyridine rings is 1. The Labute approximate surface area is 217 Å². The van der Waals surface area contributed by atoms with Gasteiger partial charge in [0, 0.05) is 29.9 Å². The van der Waals surface area contributed by atoms with Crippen LogP contribution in [0.3, 0.4) is 0 Å². The first kappa shape index (κ1) is 23.1. The fourth-order valence-electron chi connectivity index (χ4n) is 4.56. The van der Waals surface area contributed by atoms with Gasteiger partial charge in [-0.15, -0.1) is 6.42 Å². The molecule has 8 nitrogen and oxygen atoms in total. The third-order valence-corrected chi connectivity index (χ3v) is 6.30. The summed E-state index contributed by atoms with van der Waals surface area (Å²) in [6.07, 6.45) is 8.48. The number of hydrogen-bond acceptors (Lipinski definition) is 7. The van der Waals surface area contributed by atoms with Crippen molar-refractivity contribution in [3.05, 3.63) is 84.3 Å². The molecule has 0 aliphatic rings. The van der Waals surface area contributed by atoms with Crippen LogP contribution in [0, 0.1) is 25.1 Å². The van der Waals surface area contributed by atoms with E-state index in [4.69, 9.17) is 16.9 Å². The van der Waals surface area contributed by atoms with E-state index in [-0.39, 0.29) is 11.8 Å². The minimum Gasteiger partial charge on any atom is -0.421 e. The van der Waals surface area contributed by atoms with Gasteiger partial charge in [-0.25, -0.2) is 29.3 Å². The van der Waals surface area contributed by atoms with Crippen LogP contribution in [-0.2, 0) is 7.05 Å². The number of anilines is 1. The number of fused-ring (bicyclic) bond motifs is 2. The van der Waals surface area contributed by atoms with Crippen molar-refractivity contribution in [3.63, 3.8) is 0 Å². The molecule has 38 heavy (non-hydrogen) atoms. The molecule has 184 valence electrons. The van der Waals surface area contributed by atoms with Gasteiger partial charge < -0.3 is 15.0 Å². The van der Waals surface area contributed by atoms with E-state index in [1.165, 1.54) is 12.4 Å². The largest absolute Gasteiger partial charge is 0.421 e. The van der Waals surface area contributed by atoms with Crippen LogP contribution < -0.4 is 10.5 Å². The highest BCUT2D eigenvalue weighted by Crippen LogP contribution is 2.43. The number of terminal acetylenes is 1. The van der Waals surface area contributed by atoms with E-state index < -0.39 is 5.82 Å². The minimum atomic E-state index is -0.574. The van der Waals surface area contributed by atoms with Crippen LogP contribution in [0.25, 0.3) is 44.3 Å². The zero-order valence-electron chi connectivity index (χ0n) is 20.5. The van der Waals surface area contributed by atoms with Gasteiger partial charge in [0.15, 0.2) is 11.6 Å². The van der Waals surface area contributed by atoms with Gasteiger partial charge in [-0.1, -0.05) is 18.1 Å². The molecule has 0 aliphatic heterocycles. The van der Waals surface area contributed by atoms with Crippen LogP contribution in [0.5, 0.6) is 11.8 Å². The summed E-state index contributed by atoms with van der Waals surface area (Å²) in [6, 6.07) is 16.1. The highest BCUT2D eigenvalue weighted by atomic mass is 19.1. The molecule has 0 amide bonds. The Morgan fingerprint density at radius 3 is 2.61 bits per heavy atom. The Hall–Kier alpha value is -5.36. The van der Waals surface area contributed by atoms with Crippen LogP contribution in [0.1, 0.15) is 11.4 Å². The van der Waals surface area contributed by atoms with Gasteiger partial charge in [0.1, 0.15) is 23.5 Å². The molecule has 9 heteroatoms. The van der Waals surface area contributed by atoms with Gasteiger partial charge >= 0.3 is 6.01 Å². The Kier molecular flexibility index (Phi) is 5.43. The van der Waals surface area contributed by atoms with E-state index in [0.29, 0.717) is 39.4 Å². The molecule has 2 aromatic carbocycles. The van der Waals surface area contributed by atoms with Crippen LogP contribution in [0.15, 0.2) is 67.1 Å². The lowest BCUT2D eigenvalue weighted by molar-refractivity contribution is 0.410. The predicted molar refractivity (Wildman–Crippen MR) is 144 cm³/mol. The molecule has 0 fully saturated rings. The van der Waals surface area contributed by atoms with Crippen molar-refractivity contribution in [2.45, 2.75) is 6.92 Å². The zero-order valence-corrected chi connectivity index (χ0v) is 20.5. The molecule has 6 rings (SSSR count). The smallest absolute Gasteiger partial charge is 0.322 e. The standard InChI is InChI=1S/C29H20FN7O/c1-4-20-8-5-17-13-19(6-9-22(17)36-20)26-24(25-27(31)33-15-34-28(25)37(26)3)18-7-10-23(21(30)14-18)38-29-32-12-11-16(2)35-29/h1,5-15H,2-3H3,(H2,31,33,34). The van der Waals surface area contributed by atoms with Gasteiger partial charge in [0.05, 0.1) is 16.6 Å². The summed E-state index contributed by atoms with van der Waals surface area (Å²) in [5.41, 5.74) is 12.0. The Morgan fingerprint density at radius 2 is 1.82 bits per heavy atom. The van der Waals surface area contributed by atoms with E-state index in [0.717, 1.165) is 22.2 Å². The lowest BCUT2D eigenvalue weighted by Gasteiger charge is -2.11. The van der Waals surface area contributed by atoms with E-state index in [1.807, 2.05) is 35.9 Å². The van der Waals surface area contributed by atoms with E-state index in [1.54, 1.807) is 37.4 Å². The summed E-state index contributed by atoms with van der Waals surface area (Å²) >= 11 is 0. The topological polar surface area (TPSA) is 105 Å². The first-order valence-electron chi connectivity index (χ1n) is 11.7. The molecule has 0 saturated carbocycles. The molecule has 4 heterocycles. The van der Waals surface area contributed by atoms with E-state index in [9.17, 15) is 0 Å². The summed E-state index contributed by atoms with van der Waals surface area (Å²) in [5, 5.41) is 1.53. The highest BCUT2D eigenvalue weighted by Gasteiger charge is 2.23. The maximum Gasteiger partial charge on any atom is 0.322 e. The average molecular weight is 502 g/mol. The molecular formula is C29H20FN7O. The number of benzene rings is 2. The van der Waals surface area contributed by atoms with Gasteiger partial charge in [-0.2, -0.15) is 0 Å². The zero-order chi connectivity index (χ0) is 26.4. The molecule has 0 spiro atoms. The number of nitrogens with two attached hydrogens (primary N) is 1. The molecule has 0 atom stereocenters. The van der Waals surface area contributed by atoms with Crippen LogP contribution in [0.2, 0.25) is 0 Å². The maximum atomic E-state index is 15.4. The highest BCUT2D eigenvalue weighted by molar-refractivity contribution is 6.08. The summed E-state index contributed by atoms with van der Waals surface area (Å²) in [4.78, 5) is 21.4. The van der Waals surface area contributed by atoms with Gasteiger partial charge in [-0.3, -0.25) is 0 Å². The SMILES string of the molecule is C#Cc1ccc2cc(-c3c(-c4ccc(Oc5nccc(C)n5)c(F)c4)c4c(N)ncnc4n3C)ccc2n1. The Bertz CT molecular complexity index is 1920. The molecule has 0 unspecified atom stereocenters. The van der Waals surface area contributed by atoms with Crippen molar-refractivity contribution < 1.29 is 9.13 Å². The third-order valence-electron chi connectivity index (χ3n) is 6.30. The van der Waals surface area contributed by atoms with Crippen LogP contribution in [-0.4, -0.2) is 29.5 Å². The molecule has 0 aliphatic carbocycles. The van der Waals surface area contributed by atoms with Crippen molar-refractivity contribution in [3.8, 4) is 46.5 Å². The fraction of sp³-hybridized carbons (Fsp3) is 0.0690. The molecule has 0 bridgehead atoms. The molecular weight excluding hydrogens is 481 g/mol. The number of halogens is 1. The Balaban J connectivity index is 1.54. The van der Waals surface area contributed by atoms with Crippen LogP contribution in [0.4, 0.5) is 10.2 Å². The van der Waals surface area contributed by atoms with Gasteiger partial charge in [-0.05, 0) is 60.5 Å². The molecule has 4 aromatic heterocycles. The normalized spacial score (nSPS) is 11.1. The number of aromatic nitrogens is 6. The monoisotopic (exact) mass is 501 g/mol. The number of ether oxygens (including phenoxy) is 1. The predicted octanol–water partition coefficient (Wildman–Crippen LogP) is 5.44. The summed E-state index contributed by atoms with van der Waals surface area (Å²) < 4.78 is 22.9.